The normalized spacial score (nSPS) is 11.2. The summed E-state index contributed by atoms with van der Waals surface area (Å²) in [4.78, 5) is 12.6. The van der Waals surface area contributed by atoms with Crippen LogP contribution in [-0.4, -0.2) is 5.78 Å². The average molecular weight is 393 g/mol. The van der Waals surface area contributed by atoms with Gasteiger partial charge in [-0.05, 0) is 55.0 Å². The van der Waals surface area contributed by atoms with Crippen LogP contribution in [0.25, 0.3) is 6.08 Å². The summed E-state index contributed by atoms with van der Waals surface area (Å²) in [7, 11) is 0. The van der Waals surface area contributed by atoms with Crippen molar-refractivity contribution in [2.24, 2.45) is 0 Å². The van der Waals surface area contributed by atoms with Crippen LogP contribution < -0.4 is 4.74 Å². The number of halogens is 2. The number of rotatable bonds is 6. The molecule has 0 fully saturated rings. The fourth-order valence-electron chi connectivity index (χ4n) is 2.19. The Balaban J connectivity index is 1.62. The molecule has 0 aliphatic rings. The number of ketones is 1. The zero-order chi connectivity index (χ0) is 17.8. The number of allylic oxidation sites excluding steroid dienone is 1. The Morgan fingerprint density at radius 2 is 2.04 bits per heavy atom. The van der Waals surface area contributed by atoms with Crippen molar-refractivity contribution in [2.75, 3.05) is 0 Å². The molecule has 3 nitrogen and oxygen atoms in total. The van der Waals surface area contributed by atoms with Gasteiger partial charge in [-0.1, -0.05) is 35.3 Å². The first-order valence-electron chi connectivity index (χ1n) is 7.47. The van der Waals surface area contributed by atoms with Crippen molar-refractivity contribution < 1.29 is 13.9 Å². The third kappa shape index (κ3) is 4.54. The standard InChI is InChI=1S/C19H14Cl2O3S/c1-12-3-2-4-15(20)19(12)23-11-14-6-5-13(24-14)7-8-16(22)17-9-10-18(21)25-17/h2-10H,11H2,1H3/b8-7+. The van der Waals surface area contributed by atoms with Crippen LogP contribution in [0.1, 0.15) is 26.8 Å². The molecule has 2 aromatic heterocycles. The van der Waals surface area contributed by atoms with Crippen molar-refractivity contribution in [2.45, 2.75) is 13.5 Å². The molecule has 3 rings (SSSR count). The Bertz CT molecular complexity index is 904. The Hall–Kier alpha value is -2.01. The molecule has 0 N–H and O–H groups in total. The first-order valence-corrected chi connectivity index (χ1v) is 9.04. The molecule has 0 saturated carbocycles. The van der Waals surface area contributed by atoms with Crippen molar-refractivity contribution >= 4 is 46.4 Å². The van der Waals surface area contributed by atoms with Gasteiger partial charge in [-0.15, -0.1) is 11.3 Å². The van der Waals surface area contributed by atoms with Gasteiger partial charge in [0.05, 0.1) is 14.2 Å². The predicted molar refractivity (Wildman–Crippen MR) is 102 cm³/mol. The van der Waals surface area contributed by atoms with E-state index in [9.17, 15) is 4.79 Å². The van der Waals surface area contributed by atoms with E-state index in [1.165, 1.54) is 17.4 Å². The van der Waals surface area contributed by atoms with Gasteiger partial charge in [-0.2, -0.15) is 0 Å². The van der Waals surface area contributed by atoms with Crippen LogP contribution in [-0.2, 0) is 6.61 Å². The molecule has 3 aromatic rings. The smallest absolute Gasteiger partial charge is 0.195 e. The lowest BCUT2D eigenvalue weighted by atomic mass is 10.2. The van der Waals surface area contributed by atoms with Gasteiger partial charge in [-0.25, -0.2) is 0 Å². The molecule has 0 bridgehead atoms. The van der Waals surface area contributed by atoms with Crippen molar-refractivity contribution in [1.29, 1.82) is 0 Å². The van der Waals surface area contributed by atoms with Crippen molar-refractivity contribution in [3.8, 4) is 5.75 Å². The van der Waals surface area contributed by atoms with Gasteiger partial charge in [0, 0.05) is 0 Å². The number of para-hydroxylation sites is 1. The second-order valence-electron chi connectivity index (χ2n) is 5.28. The summed E-state index contributed by atoms with van der Waals surface area (Å²) in [5.41, 5.74) is 0.958. The maximum atomic E-state index is 12.0. The van der Waals surface area contributed by atoms with E-state index in [2.05, 4.69) is 0 Å². The molecule has 0 amide bonds. The maximum Gasteiger partial charge on any atom is 0.195 e. The van der Waals surface area contributed by atoms with Gasteiger partial charge < -0.3 is 9.15 Å². The van der Waals surface area contributed by atoms with Gasteiger partial charge in [0.1, 0.15) is 23.9 Å². The minimum Gasteiger partial charge on any atom is -0.484 e. The summed E-state index contributed by atoms with van der Waals surface area (Å²) < 4.78 is 12.0. The topological polar surface area (TPSA) is 39.4 Å². The van der Waals surface area contributed by atoms with Gasteiger partial charge in [0.25, 0.3) is 0 Å². The van der Waals surface area contributed by atoms with E-state index in [1.807, 2.05) is 19.1 Å². The summed E-state index contributed by atoms with van der Waals surface area (Å²) in [6.07, 6.45) is 3.09. The molecular weight excluding hydrogens is 379 g/mol. The molecule has 2 heterocycles. The molecule has 0 aliphatic carbocycles. The van der Waals surface area contributed by atoms with Crippen LogP contribution in [0.15, 0.2) is 53.0 Å². The highest BCUT2D eigenvalue weighted by atomic mass is 35.5. The number of benzene rings is 1. The quantitative estimate of drug-likeness (QED) is 0.358. The first kappa shape index (κ1) is 17.8. The Kier molecular flexibility index (Phi) is 5.63. The number of furan rings is 1. The Morgan fingerprint density at radius 1 is 1.20 bits per heavy atom. The molecule has 0 unspecified atom stereocenters. The highest BCUT2D eigenvalue weighted by molar-refractivity contribution is 7.18. The molecule has 1 aromatic carbocycles. The minimum absolute atomic E-state index is 0.113. The van der Waals surface area contributed by atoms with Crippen molar-refractivity contribution in [3.05, 3.63) is 79.9 Å². The molecule has 0 radical (unpaired) electrons. The number of thiophene rings is 1. The third-order valence-corrected chi connectivity index (χ3v) is 4.96. The van der Waals surface area contributed by atoms with E-state index >= 15 is 0 Å². The second-order valence-corrected chi connectivity index (χ2v) is 7.40. The van der Waals surface area contributed by atoms with Crippen LogP contribution >= 0.6 is 34.5 Å². The van der Waals surface area contributed by atoms with Crippen LogP contribution in [0, 0.1) is 6.92 Å². The predicted octanol–water partition coefficient (Wildman–Crippen LogP) is 6.43. The molecule has 128 valence electrons. The van der Waals surface area contributed by atoms with Gasteiger partial charge in [0.15, 0.2) is 5.78 Å². The van der Waals surface area contributed by atoms with Crippen LogP contribution in [0.5, 0.6) is 5.75 Å². The monoisotopic (exact) mass is 392 g/mol. The molecule has 0 saturated heterocycles. The molecule has 25 heavy (non-hydrogen) atoms. The summed E-state index contributed by atoms with van der Waals surface area (Å²) in [6.45, 7) is 2.19. The van der Waals surface area contributed by atoms with E-state index in [0.717, 1.165) is 5.56 Å². The van der Waals surface area contributed by atoms with Crippen LogP contribution in [0.2, 0.25) is 9.36 Å². The number of carbonyl (C=O) groups is 1. The number of ether oxygens (including phenoxy) is 1. The van der Waals surface area contributed by atoms with Crippen molar-refractivity contribution in [3.63, 3.8) is 0 Å². The zero-order valence-corrected chi connectivity index (χ0v) is 15.6. The number of carbonyl (C=O) groups excluding carboxylic acids is 1. The van der Waals surface area contributed by atoms with E-state index in [1.54, 1.807) is 36.4 Å². The van der Waals surface area contributed by atoms with Crippen LogP contribution in [0.4, 0.5) is 0 Å². The lowest BCUT2D eigenvalue weighted by molar-refractivity contribution is 0.105. The minimum atomic E-state index is -0.113. The summed E-state index contributed by atoms with van der Waals surface area (Å²) >= 11 is 13.2. The molecule has 0 aliphatic heterocycles. The highest BCUT2D eigenvalue weighted by Crippen LogP contribution is 2.29. The van der Waals surface area contributed by atoms with E-state index < -0.39 is 0 Å². The van der Waals surface area contributed by atoms with E-state index in [0.29, 0.717) is 31.5 Å². The highest BCUT2D eigenvalue weighted by Gasteiger charge is 2.08. The summed E-state index contributed by atoms with van der Waals surface area (Å²) in [5.74, 6) is 1.75. The molecule has 0 atom stereocenters. The number of aryl methyl sites for hydroxylation is 1. The molecule has 6 heteroatoms. The Morgan fingerprint density at radius 3 is 2.76 bits per heavy atom. The summed E-state index contributed by atoms with van der Waals surface area (Å²) in [6, 6.07) is 12.6. The van der Waals surface area contributed by atoms with Gasteiger partial charge in [-0.3, -0.25) is 4.79 Å². The molecule has 0 spiro atoms. The maximum absolute atomic E-state index is 12.0. The Labute approximate surface area is 159 Å². The van der Waals surface area contributed by atoms with Crippen molar-refractivity contribution in [1.82, 2.24) is 0 Å². The molecular formula is C19H14Cl2O3S. The van der Waals surface area contributed by atoms with Gasteiger partial charge in [0.2, 0.25) is 0 Å². The first-order chi connectivity index (χ1) is 12.0. The summed E-state index contributed by atoms with van der Waals surface area (Å²) in [5, 5.41) is 0.562. The van der Waals surface area contributed by atoms with E-state index in [-0.39, 0.29) is 12.4 Å². The fourth-order valence-corrected chi connectivity index (χ4v) is 3.43. The zero-order valence-electron chi connectivity index (χ0n) is 13.3. The fraction of sp³-hybridized carbons (Fsp3) is 0.105. The lowest BCUT2D eigenvalue weighted by Gasteiger charge is -2.09. The number of hydrogen-bond donors (Lipinski definition) is 0. The SMILES string of the molecule is Cc1cccc(Cl)c1OCc1ccc(/C=C/C(=O)c2ccc(Cl)s2)o1. The third-order valence-electron chi connectivity index (χ3n) is 3.42. The lowest BCUT2D eigenvalue weighted by Crippen LogP contribution is -1.96. The second kappa shape index (κ2) is 7.91. The van der Waals surface area contributed by atoms with Gasteiger partial charge >= 0.3 is 0 Å². The largest absolute Gasteiger partial charge is 0.484 e. The van der Waals surface area contributed by atoms with E-state index in [4.69, 9.17) is 32.4 Å². The average Bonchev–Trinajstić information content (AvgIpc) is 3.21. The van der Waals surface area contributed by atoms with Crippen LogP contribution in [0.3, 0.4) is 0 Å². The number of hydrogen-bond acceptors (Lipinski definition) is 4.